The number of hydrogen-bond donors (Lipinski definition) is 3. The zero-order chi connectivity index (χ0) is 28.8. The van der Waals surface area contributed by atoms with Gasteiger partial charge in [-0.2, -0.15) is 0 Å². The van der Waals surface area contributed by atoms with Crippen molar-refractivity contribution >= 4 is 34.9 Å². The number of nitrogens with zero attached hydrogens (tertiary/aromatic N) is 2. The molecule has 1 atom stereocenters. The maximum atomic E-state index is 13.5. The van der Waals surface area contributed by atoms with E-state index in [9.17, 15) is 24.3 Å². The number of nitrogens with one attached hydrogen (secondary N) is 1. The van der Waals surface area contributed by atoms with Crippen molar-refractivity contribution in [2.45, 2.75) is 12.5 Å². The largest absolute Gasteiger partial charge is 0.480 e. The number of rotatable bonds is 10. The highest BCUT2D eigenvalue weighted by molar-refractivity contribution is 6.31. The second kappa shape index (κ2) is 12.4. The van der Waals surface area contributed by atoms with Crippen LogP contribution in [-0.4, -0.2) is 51.4 Å². The maximum Gasteiger partial charge on any atom is 0.335 e. The van der Waals surface area contributed by atoms with Crippen LogP contribution in [0.5, 0.6) is 5.88 Å². The third kappa shape index (κ3) is 6.25. The van der Waals surface area contributed by atoms with Crippen molar-refractivity contribution in [1.82, 2.24) is 9.78 Å². The van der Waals surface area contributed by atoms with Crippen molar-refractivity contribution in [3.8, 4) is 17.0 Å². The van der Waals surface area contributed by atoms with Crippen LogP contribution in [0.3, 0.4) is 0 Å². The number of aromatic carboxylic acids is 1. The van der Waals surface area contributed by atoms with E-state index in [1.165, 1.54) is 55.6 Å². The molecule has 40 heavy (non-hydrogen) atoms. The molecule has 0 aliphatic carbocycles. The van der Waals surface area contributed by atoms with Crippen LogP contribution >= 0.6 is 11.6 Å². The molecule has 3 N–H and O–H groups in total. The number of carbonyl (C=O) groups is 3. The number of carboxylic acids is 1. The number of hydrogen-bond acceptors (Lipinski definition) is 7. The molecule has 0 fully saturated rings. The fourth-order valence-electron chi connectivity index (χ4n) is 4.14. The van der Waals surface area contributed by atoms with Gasteiger partial charge in [-0.15, -0.1) is 5.10 Å². The molecule has 3 aromatic carbocycles. The Morgan fingerprint density at radius 1 is 1.00 bits per heavy atom. The van der Waals surface area contributed by atoms with E-state index < -0.39 is 35.9 Å². The van der Waals surface area contributed by atoms with Crippen molar-refractivity contribution < 1.29 is 29.3 Å². The molecule has 0 unspecified atom stereocenters. The molecule has 204 valence electrons. The lowest BCUT2D eigenvalue weighted by Crippen LogP contribution is -2.36. The van der Waals surface area contributed by atoms with E-state index in [0.29, 0.717) is 5.69 Å². The Morgan fingerprint density at radius 3 is 2.33 bits per heavy atom. The molecule has 4 aromatic rings. The molecule has 1 amide bonds. The Labute approximate surface area is 233 Å². The van der Waals surface area contributed by atoms with Crippen LogP contribution in [0.2, 0.25) is 5.02 Å². The first-order chi connectivity index (χ1) is 19.2. The van der Waals surface area contributed by atoms with Crippen LogP contribution < -0.4 is 15.6 Å². The lowest BCUT2D eigenvalue weighted by Gasteiger charge is -2.20. The highest BCUT2D eigenvalue weighted by Crippen LogP contribution is 2.32. The maximum absolute atomic E-state index is 13.5. The van der Waals surface area contributed by atoms with E-state index in [4.69, 9.17) is 21.4 Å². The molecule has 1 aromatic heterocycles. The van der Waals surface area contributed by atoms with Crippen molar-refractivity contribution in [2.75, 3.05) is 19.0 Å². The average Bonchev–Trinajstić information content (AvgIpc) is 2.96. The van der Waals surface area contributed by atoms with Crippen LogP contribution in [0.25, 0.3) is 11.1 Å². The summed E-state index contributed by atoms with van der Waals surface area (Å²) >= 11 is 6.16. The molecule has 0 aliphatic rings. The van der Waals surface area contributed by atoms with E-state index in [1.807, 2.05) is 6.07 Å². The zero-order valence-corrected chi connectivity index (χ0v) is 22.0. The lowest BCUT2D eigenvalue weighted by atomic mass is 9.98. The molecule has 11 heteroatoms. The van der Waals surface area contributed by atoms with Gasteiger partial charge in [0, 0.05) is 28.8 Å². The normalized spacial score (nSPS) is 11.5. The van der Waals surface area contributed by atoms with Gasteiger partial charge in [0.15, 0.2) is 5.78 Å². The van der Waals surface area contributed by atoms with Gasteiger partial charge < -0.3 is 20.3 Å². The Bertz CT molecular complexity index is 1620. The molecule has 0 bridgehead atoms. The van der Waals surface area contributed by atoms with E-state index in [0.717, 1.165) is 10.2 Å². The fourth-order valence-corrected chi connectivity index (χ4v) is 4.31. The molecule has 4 rings (SSSR count). The minimum Gasteiger partial charge on any atom is -0.480 e. The van der Waals surface area contributed by atoms with Crippen LogP contribution in [0.4, 0.5) is 5.69 Å². The Morgan fingerprint density at radius 2 is 1.70 bits per heavy atom. The van der Waals surface area contributed by atoms with Gasteiger partial charge in [0.1, 0.15) is 12.6 Å². The first-order valence-electron chi connectivity index (χ1n) is 12.0. The number of aliphatic hydroxyl groups excluding tert-OH is 1. The monoisotopic (exact) mass is 561 g/mol. The van der Waals surface area contributed by atoms with Crippen molar-refractivity contribution in [3.05, 3.63) is 111 Å². The molecule has 0 aliphatic heterocycles. The third-order valence-electron chi connectivity index (χ3n) is 6.10. The number of amides is 1. The summed E-state index contributed by atoms with van der Waals surface area (Å²) in [6.45, 7) is -0.756. The smallest absolute Gasteiger partial charge is 0.335 e. The number of halogens is 1. The SMILES string of the molecule is COc1nn([C@@H](Cc2ccccc2)C(=O)Nc2ccc(C(=O)O)cc2)c(=O)cc1-c1cc(Cl)ccc1C(=O)CO. The summed E-state index contributed by atoms with van der Waals surface area (Å²) < 4.78 is 6.46. The lowest BCUT2D eigenvalue weighted by molar-refractivity contribution is -0.119. The number of anilines is 1. The molecular formula is C29H24ClN3O7. The van der Waals surface area contributed by atoms with E-state index in [1.54, 1.807) is 24.3 Å². The van der Waals surface area contributed by atoms with Crippen molar-refractivity contribution in [1.29, 1.82) is 0 Å². The highest BCUT2D eigenvalue weighted by atomic mass is 35.5. The fraction of sp³-hybridized carbons (Fsp3) is 0.138. The van der Waals surface area contributed by atoms with E-state index in [2.05, 4.69) is 10.4 Å². The van der Waals surface area contributed by atoms with Crippen molar-refractivity contribution in [3.63, 3.8) is 0 Å². The summed E-state index contributed by atoms with van der Waals surface area (Å²) in [4.78, 5) is 50.5. The van der Waals surface area contributed by atoms with Crippen LogP contribution in [0.1, 0.15) is 32.3 Å². The summed E-state index contributed by atoms with van der Waals surface area (Å²) in [6.07, 6.45) is 0.0979. The summed E-state index contributed by atoms with van der Waals surface area (Å²) in [5.74, 6) is -2.32. The minimum atomic E-state index is -1.13. The third-order valence-corrected chi connectivity index (χ3v) is 6.34. The standard InChI is InChI=1S/C29H24ClN3O7/c1-40-28-23(22-14-19(30)9-12-21(22)25(35)16-34)15-26(36)33(32-28)24(13-17-5-3-2-4-6-17)27(37)31-20-10-7-18(8-11-20)29(38)39/h2-12,14-15,24,34H,13,16H2,1H3,(H,31,37)(H,38,39)/t24-/m0/s1. The first kappa shape index (κ1) is 28.2. The van der Waals surface area contributed by atoms with E-state index >= 15 is 0 Å². The number of benzene rings is 3. The number of ether oxygens (including phenoxy) is 1. The predicted molar refractivity (Wildman–Crippen MR) is 148 cm³/mol. The Balaban J connectivity index is 1.79. The number of ketones is 1. The van der Waals surface area contributed by atoms with Crippen LogP contribution in [-0.2, 0) is 11.2 Å². The molecule has 0 radical (unpaired) electrons. The van der Waals surface area contributed by atoms with Crippen molar-refractivity contribution in [2.24, 2.45) is 0 Å². The summed E-state index contributed by atoms with van der Waals surface area (Å²) in [7, 11) is 1.33. The first-order valence-corrected chi connectivity index (χ1v) is 12.4. The summed E-state index contributed by atoms with van der Waals surface area (Å²) in [5.41, 5.74) is 0.996. The second-order valence-electron chi connectivity index (χ2n) is 8.70. The predicted octanol–water partition coefficient (Wildman–Crippen LogP) is 3.87. The quantitative estimate of drug-likeness (QED) is 0.247. The Kier molecular flexibility index (Phi) is 8.73. The molecule has 10 nitrogen and oxygen atoms in total. The van der Waals surface area contributed by atoms with E-state index in [-0.39, 0.29) is 39.6 Å². The van der Waals surface area contributed by atoms with Crippen LogP contribution in [0, 0.1) is 0 Å². The minimum absolute atomic E-state index is 0.0504. The highest BCUT2D eigenvalue weighted by Gasteiger charge is 2.27. The van der Waals surface area contributed by atoms with Gasteiger partial charge in [-0.05, 0) is 53.6 Å². The van der Waals surface area contributed by atoms with Gasteiger partial charge >= 0.3 is 5.97 Å². The van der Waals surface area contributed by atoms with Crippen LogP contribution in [0.15, 0.2) is 83.7 Å². The number of carboxylic acid groups (broad SMARTS) is 1. The number of aromatic nitrogens is 2. The Hall–Kier alpha value is -4.80. The number of methoxy groups -OCH3 is 1. The van der Waals surface area contributed by atoms with Gasteiger partial charge in [-0.1, -0.05) is 41.9 Å². The van der Waals surface area contributed by atoms with Gasteiger partial charge in [-0.25, -0.2) is 9.48 Å². The average molecular weight is 562 g/mol. The molecule has 0 saturated heterocycles. The molecule has 0 spiro atoms. The molecular weight excluding hydrogens is 538 g/mol. The van der Waals surface area contributed by atoms with Gasteiger partial charge in [-0.3, -0.25) is 14.4 Å². The zero-order valence-electron chi connectivity index (χ0n) is 21.2. The molecule has 1 heterocycles. The number of carbonyl (C=O) groups excluding carboxylic acids is 2. The summed E-state index contributed by atoms with van der Waals surface area (Å²) in [5, 5.41) is 25.9. The van der Waals surface area contributed by atoms with Gasteiger partial charge in [0.05, 0.1) is 18.2 Å². The second-order valence-corrected chi connectivity index (χ2v) is 9.14. The number of aliphatic hydroxyl groups is 1. The summed E-state index contributed by atoms with van der Waals surface area (Å²) in [6, 6.07) is 19.1. The van der Waals surface area contributed by atoms with Gasteiger partial charge in [0.25, 0.3) is 5.56 Å². The van der Waals surface area contributed by atoms with Gasteiger partial charge in [0.2, 0.25) is 11.8 Å². The topological polar surface area (TPSA) is 148 Å². The number of Topliss-reactive ketones (excluding diaryl/α,β-unsaturated/α-hetero) is 1. The molecule has 0 saturated carbocycles.